The number of nitrogen functional groups attached to an aromatic ring is 1. The highest BCUT2D eigenvalue weighted by atomic mass is 35.5. The van der Waals surface area contributed by atoms with Gasteiger partial charge in [0.2, 0.25) is 11.9 Å². The molecule has 8 heteroatoms. The number of hydrogen-bond donors (Lipinski definition) is 4. The van der Waals surface area contributed by atoms with Crippen molar-refractivity contribution in [2.24, 2.45) is 0 Å². The summed E-state index contributed by atoms with van der Waals surface area (Å²) in [5.74, 6) is -0.335. The van der Waals surface area contributed by atoms with Crippen LogP contribution in [0.2, 0.25) is 5.15 Å². The SMILES string of the molecule is CC(=O)NCC(O)C(O)c1cnc(N)nc1Cl. The van der Waals surface area contributed by atoms with Gasteiger partial charge in [0.25, 0.3) is 0 Å². The number of carbonyl (C=O) groups excluding carboxylic acids is 1. The van der Waals surface area contributed by atoms with E-state index in [1.165, 1.54) is 13.1 Å². The second-order valence-electron chi connectivity index (χ2n) is 3.42. The Labute approximate surface area is 103 Å². The Bertz CT molecular complexity index is 415. The number of rotatable bonds is 4. The molecule has 2 unspecified atom stereocenters. The van der Waals surface area contributed by atoms with Crippen LogP contribution in [-0.2, 0) is 4.79 Å². The second-order valence-corrected chi connectivity index (χ2v) is 3.78. The fourth-order valence-corrected chi connectivity index (χ4v) is 1.40. The minimum atomic E-state index is -1.30. The lowest BCUT2D eigenvalue weighted by molar-refractivity contribution is -0.119. The average Bonchev–Trinajstić information content (AvgIpc) is 2.25. The Morgan fingerprint density at radius 2 is 2.29 bits per heavy atom. The number of halogens is 1. The van der Waals surface area contributed by atoms with Gasteiger partial charge in [-0.15, -0.1) is 0 Å². The van der Waals surface area contributed by atoms with Crippen molar-refractivity contribution in [1.82, 2.24) is 15.3 Å². The topological polar surface area (TPSA) is 121 Å². The van der Waals surface area contributed by atoms with E-state index in [2.05, 4.69) is 15.3 Å². The smallest absolute Gasteiger partial charge is 0.221 e. The Morgan fingerprint density at radius 1 is 1.65 bits per heavy atom. The molecule has 1 amide bonds. The second kappa shape index (κ2) is 5.76. The summed E-state index contributed by atoms with van der Waals surface area (Å²) in [6.07, 6.45) is -1.27. The predicted molar refractivity (Wildman–Crippen MR) is 61.1 cm³/mol. The normalized spacial score (nSPS) is 14.1. The lowest BCUT2D eigenvalue weighted by Crippen LogP contribution is -2.34. The molecule has 1 aromatic rings. The molecule has 0 fully saturated rings. The predicted octanol–water partition coefficient (Wildman–Crippen LogP) is -0.757. The third-order valence-electron chi connectivity index (χ3n) is 2.03. The zero-order valence-electron chi connectivity index (χ0n) is 9.09. The van der Waals surface area contributed by atoms with Crippen LogP contribution in [0.15, 0.2) is 6.20 Å². The maximum atomic E-state index is 10.6. The van der Waals surface area contributed by atoms with Crippen molar-refractivity contribution < 1.29 is 15.0 Å². The maximum Gasteiger partial charge on any atom is 0.221 e. The first-order chi connectivity index (χ1) is 7.91. The summed E-state index contributed by atoms with van der Waals surface area (Å²) >= 11 is 5.74. The molecule has 17 heavy (non-hydrogen) atoms. The van der Waals surface area contributed by atoms with Gasteiger partial charge < -0.3 is 21.3 Å². The fourth-order valence-electron chi connectivity index (χ4n) is 1.15. The quantitative estimate of drug-likeness (QED) is 0.528. The van der Waals surface area contributed by atoms with Crippen LogP contribution in [0.3, 0.4) is 0 Å². The third kappa shape index (κ3) is 3.81. The number of carbonyl (C=O) groups is 1. The zero-order chi connectivity index (χ0) is 13.0. The number of aliphatic hydroxyl groups excluding tert-OH is 2. The van der Waals surface area contributed by atoms with Crippen LogP contribution in [-0.4, -0.2) is 38.7 Å². The number of hydrogen-bond acceptors (Lipinski definition) is 6. The van der Waals surface area contributed by atoms with Crippen LogP contribution < -0.4 is 11.1 Å². The highest BCUT2D eigenvalue weighted by Crippen LogP contribution is 2.23. The maximum absolute atomic E-state index is 10.6. The highest BCUT2D eigenvalue weighted by molar-refractivity contribution is 6.30. The molecule has 1 rings (SSSR count). The van der Waals surface area contributed by atoms with Crippen molar-refractivity contribution in [3.8, 4) is 0 Å². The average molecular weight is 261 g/mol. The molecule has 1 heterocycles. The van der Waals surface area contributed by atoms with E-state index < -0.39 is 12.2 Å². The molecule has 2 atom stereocenters. The van der Waals surface area contributed by atoms with E-state index in [0.717, 1.165) is 0 Å². The van der Waals surface area contributed by atoms with Gasteiger partial charge in [-0.3, -0.25) is 4.79 Å². The van der Waals surface area contributed by atoms with E-state index in [1.54, 1.807) is 0 Å². The summed E-state index contributed by atoms with van der Waals surface area (Å²) in [5, 5.41) is 21.7. The molecular formula is C9H13ClN4O3. The Kier molecular flexibility index (Phi) is 4.62. The molecule has 7 nitrogen and oxygen atoms in total. The number of anilines is 1. The lowest BCUT2D eigenvalue weighted by atomic mass is 10.1. The number of aromatic nitrogens is 2. The van der Waals surface area contributed by atoms with E-state index in [0.29, 0.717) is 0 Å². The molecule has 0 bridgehead atoms. The molecule has 0 aliphatic rings. The minimum absolute atomic E-state index is 0.0256. The summed E-state index contributed by atoms with van der Waals surface area (Å²) in [6, 6.07) is 0. The zero-order valence-corrected chi connectivity index (χ0v) is 9.85. The monoisotopic (exact) mass is 260 g/mol. The summed E-state index contributed by atoms with van der Waals surface area (Å²) < 4.78 is 0. The number of nitrogens with two attached hydrogens (primary N) is 1. The summed E-state index contributed by atoms with van der Waals surface area (Å²) in [7, 11) is 0. The van der Waals surface area contributed by atoms with Gasteiger partial charge in [-0.25, -0.2) is 9.97 Å². The molecular weight excluding hydrogens is 248 g/mol. The van der Waals surface area contributed by atoms with Crippen molar-refractivity contribution >= 4 is 23.5 Å². The number of nitrogens with one attached hydrogen (secondary N) is 1. The number of nitrogens with zero attached hydrogens (tertiary/aromatic N) is 2. The van der Waals surface area contributed by atoms with E-state index in [1.807, 2.05) is 0 Å². The van der Waals surface area contributed by atoms with Gasteiger partial charge >= 0.3 is 0 Å². The van der Waals surface area contributed by atoms with Gasteiger partial charge in [0.05, 0.1) is 0 Å². The molecule has 0 radical (unpaired) electrons. The third-order valence-corrected chi connectivity index (χ3v) is 2.33. The molecule has 1 aromatic heterocycles. The van der Waals surface area contributed by atoms with Crippen molar-refractivity contribution in [3.05, 3.63) is 16.9 Å². The Morgan fingerprint density at radius 3 is 2.82 bits per heavy atom. The largest absolute Gasteiger partial charge is 0.388 e. The van der Waals surface area contributed by atoms with Gasteiger partial charge in [-0.1, -0.05) is 11.6 Å². The molecule has 0 aliphatic carbocycles. The van der Waals surface area contributed by atoms with Crippen molar-refractivity contribution in [2.45, 2.75) is 19.1 Å². The summed E-state index contributed by atoms with van der Waals surface area (Å²) in [5.41, 5.74) is 5.45. The van der Waals surface area contributed by atoms with Crippen molar-refractivity contribution in [3.63, 3.8) is 0 Å². The van der Waals surface area contributed by atoms with Crippen molar-refractivity contribution in [2.75, 3.05) is 12.3 Å². The lowest BCUT2D eigenvalue weighted by Gasteiger charge is -2.18. The van der Waals surface area contributed by atoms with E-state index in [4.69, 9.17) is 17.3 Å². The van der Waals surface area contributed by atoms with Crippen LogP contribution in [0, 0.1) is 0 Å². The molecule has 94 valence electrons. The van der Waals surface area contributed by atoms with Crippen LogP contribution in [0.25, 0.3) is 0 Å². The standard InChI is InChI=1S/C9H13ClN4O3/c1-4(15)12-3-6(16)7(17)5-2-13-9(11)14-8(5)10/h2,6-7,16-17H,3H2,1H3,(H,12,15)(H2,11,13,14). The molecule has 0 spiro atoms. The highest BCUT2D eigenvalue weighted by Gasteiger charge is 2.22. The van der Waals surface area contributed by atoms with E-state index in [-0.39, 0.29) is 29.1 Å². The van der Waals surface area contributed by atoms with Crippen LogP contribution in [0.4, 0.5) is 5.95 Å². The summed E-state index contributed by atoms with van der Waals surface area (Å²) in [4.78, 5) is 18.0. The van der Waals surface area contributed by atoms with Gasteiger partial charge in [0.1, 0.15) is 17.4 Å². The minimum Gasteiger partial charge on any atom is -0.388 e. The Hall–Kier alpha value is -1.44. The van der Waals surface area contributed by atoms with Gasteiger partial charge in [-0.2, -0.15) is 0 Å². The molecule has 0 aromatic carbocycles. The van der Waals surface area contributed by atoms with Crippen LogP contribution in [0.1, 0.15) is 18.6 Å². The first kappa shape index (κ1) is 13.6. The Balaban J connectivity index is 2.74. The van der Waals surface area contributed by atoms with Crippen LogP contribution in [0.5, 0.6) is 0 Å². The molecule has 5 N–H and O–H groups in total. The van der Waals surface area contributed by atoms with Gasteiger partial charge in [0.15, 0.2) is 0 Å². The number of amides is 1. The fraction of sp³-hybridized carbons (Fsp3) is 0.444. The van der Waals surface area contributed by atoms with E-state index in [9.17, 15) is 15.0 Å². The number of aliphatic hydroxyl groups is 2. The molecule has 0 aliphatic heterocycles. The summed E-state index contributed by atoms with van der Waals surface area (Å²) in [6.45, 7) is 1.20. The van der Waals surface area contributed by atoms with Crippen molar-refractivity contribution in [1.29, 1.82) is 0 Å². The first-order valence-electron chi connectivity index (χ1n) is 4.80. The van der Waals surface area contributed by atoms with Crippen LogP contribution >= 0.6 is 11.6 Å². The van der Waals surface area contributed by atoms with Gasteiger partial charge in [-0.05, 0) is 0 Å². The first-order valence-corrected chi connectivity index (χ1v) is 5.18. The molecule has 0 saturated heterocycles. The molecule has 0 saturated carbocycles. The van der Waals surface area contributed by atoms with E-state index >= 15 is 0 Å². The van der Waals surface area contributed by atoms with Gasteiger partial charge in [0, 0.05) is 25.2 Å².